The van der Waals surface area contributed by atoms with Gasteiger partial charge in [0.2, 0.25) is 0 Å². The number of carbonyl (C=O) groups excluding carboxylic acids is 1. The van der Waals surface area contributed by atoms with Gasteiger partial charge in [-0.05, 0) is 43.7 Å². The van der Waals surface area contributed by atoms with Crippen LogP contribution >= 0.6 is 0 Å². The van der Waals surface area contributed by atoms with Gasteiger partial charge in [-0.2, -0.15) is 13.2 Å². The van der Waals surface area contributed by atoms with E-state index in [0.717, 1.165) is 23.3 Å². The topological polar surface area (TPSA) is 17.1 Å². The van der Waals surface area contributed by atoms with Gasteiger partial charge in [-0.15, -0.1) is 0 Å². The van der Waals surface area contributed by atoms with Gasteiger partial charge in [0.15, 0.2) is 5.78 Å². The maximum Gasteiger partial charge on any atom is 0.416 e. The van der Waals surface area contributed by atoms with Crippen LogP contribution in [0.4, 0.5) is 13.2 Å². The zero-order chi connectivity index (χ0) is 15.6. The number of hydrogen-bond donors (Lipinski definition) is 0. The minimum absolute atomic E-state index is 0.0958. The summed E-state index contributed by atoms with van der Waals surface area (Å²) in [5, 5.41) is 0. The third-order valence-electron chi connectivity index (χ3n) is 3.19. The van der Waals surface area contributed by atoms with Gasteiger partial charge in [0.05, 0.1) is 5.56 Å². The van der Waals surface area contributed by atoms with E-state index in [9.17, 15) is 18.0 Å². The lowest BCUT2D eigenvalue weighted by atomic mass is 9.99. The summed E-state index contributed by atoms with van der Waals surface area (Å²) in [6, 6.07) is 10.3. The second-order valence-corrected chi connectivity index (χ2v) is 5.17. The number of halogens is 3. The summed E-state index contributed by atoms with van der Waals surface area (Å²) >= 11 is 0. The van der Waals surface area contributed by atoms with E-state index >= 15 is 0 Å². The van der Waals surface area contributed by atoms with E-state index in [1.165, 1.54) is 12.1 Å². The van der Waals surface area contributed by atoms with Gasteiger partial charge in [0, 0.05) is 12.0 Å². The molecule has 21 heavy (non-hydrogen) atoms. The number of Topliss-reactive ketones (excluding diaryl/α,β-unsaturated/α-hetero) is 1. The van der Waals surface area contributed by atoms with E-state index in [1.807, 2.05) is 19.9 Å². The summed E-state index contributed by atoms with van der Waals surface area (Å²) in [6.45, 7) is 3.81. The van der Waals surface area contributed by atoms with Gasteiger partial charge in [-0.1, -0.05) is 29.3 Å². The van der Waals surface area contributed by atoms with Crippen molar-refractivity contribution in [3.8, 4) is 0 Å². The molecule has 0 heterocycles. The molecule has 0 aromatic heterocycles. The van der Waals surface area contributed by atoms with E-state index < -0.39 is 11.7 Å². The zero-order valence-electron chi connectivity index (χ0n) is 11.8. The standard InChI is InChI=1S/C17H15F3O/c1-11-7-12(2)9-14(8-11)16(21)10-13-3-5-15(6-4-13)17(18,19)20/h3-9H,10H2,1-2H3. The van der Waals surface area contributed by atoms with Gasteiger partial charge in [0.25, 0.3) is 0 Å². The fraction of sp³-hybridized carbons (Fsp3) is 0.235. The summed E-state index contributed by atoms with van der Waals surface area (Å²) in [5.41, 5.74) is 2.45. The highest BCUT2D eigenvalue weighted by Crippen LogP contribution is 2.29. The molecular weight excluding hydrogens is 277 g/mol. The molecule has 2 rings (SSSR count). The predicted octanol–water partition coefficient (Wildman–Crippen LogP) is 4.75. The number of benzene rings is 2. The van der Waals surface area contributed by atoms with Crippen LogP contribution in [0, 0.1) is 13.8 Å². The van der Waals surface area contributed by atoms with Gasteiger partial charge >= 0.3 is 6.18 Å². The minimum atomic E-state index is -4.35. The van der Waals surface area contributed by atoms with E-state index in [2.05, 4.69) is 0 Å². The van der Waals surface area contributed by atoms with E-state index in [-0.39, 0.29) is 12.2 Å². The van der Waals surface area contributed by atoms with Crippen LogP contribution in [0.25, 0.3) is 0 Å². The lowest BCUT2D eigenvalue weighted by molar-refractivity contribution is -0.137. The van der Waals surface area contributed by atoms with Gasteiger partial charge < -0.3 is 0 Å². The summed E-state index contributed by atoms with van der Waals surface area (Å²) < 4.78 is 37.4. The van der Waals surface area contributed by atoms with E-state index in [1.54, 1.807) is 12.1 Å². The molecule has 0 atom stereocenters. The van der Waals surface area contributed by atoms with Gasteiger partial charge in [-0.3, -0.25) is 4.79 Å². The van der Waals surface area contributed by atoms with E-state index in [4.69, 9.17) is 0 Å². The molecule has 0 aliphatic rings. The Kier molecular flexibility index (Phi) is 4.16. The van der Waals surface area contributed by atoms with Crippen molar-refractivity contribution in [2.45, 2.75) is 26.4 Å². The maximum absolute atomic E-state index is 12.5. The van der Waals surface area contributed by atoms with Crippen LogP contribution in [-0.2, 0) is 12.6 Å². The first-order chi connectivity index (χ1) is 9.75. The Hall–Kier alpha value is -2.10. The molecule has 0 saturated heterocycles. The molecule has 110 valence electrons. The molecule has 0 unspecified atom stereocenters. The quantitative estimate of drug-likeness (QED) is 0.746. The van der Waals surface area contributed by atoms with Gasteiger partial charge in [-0.25, -0.2) is 0 Å². The number of aryl methyl sites for hydroxylation is 2. The highest BCUT2D eigenvalue weighted by molar-refractivity contribution is 5.97. The monoisotopic (exact) mass is 292 g/mol. The fourth-order valence-electron chi connectivity index (χ4n) is 2.23. The largest absolute Gasteiger partial charge is 0.416 e. The summed E-state index contributed by atoms with van der Waals surface area (Å²) in [6.07, 6.45) is -4.25. The Bertz CT molecular complexity index is 634. The summed E-state index contributed by atoms with van der Waals surface area (Å²) in [5.74, 6) is -0.0958. The Labute approximate surface area is 121 Å². The predicted molar refractivity (Wildman–Crippen MR) is 75.4 cm³/mol. The first-order valence-electron chi connectivity index (χ1n) is 6.53. The molecule has 0 aliphatic heterocycles. The van der Waals surface area contributed by atoms with Crippen LogP contribution in [0.1, 0.15) is 32.6 Å². The lowest BCUT2D eigenvalue weighted by Gasteiger charge is -2.08. The first kappa shape index (κ1) is 15.3. The molecule has 0 radical (unpaired) electrons. The fourth-order valence-corrected chi connectivity index (χ4v) is 2.23. The van der Waals surface area contributed by atoms with Crippen molar-refractivity contribution in [3.63, 3.8) is 0 Å². The molecule has 2 aromatic rings. The maximum atomic E-state index is 12.5. The molecule has 4 heteroatoms. The highest BCUT2D eigenvalue weighted by Gasteiger charge is 2.29. The van der Waals surface area contributed by atoms with Crippen molar-refractivity contribution in [2.75, 3.05) is 0 Å². The number of hydrogen-bond acceptors (Lipinski definition) is 1. The van der Waals surface area contributed by atoms with Gasteiger partial charge in [0.1, 0.15) is 0 Å². The molecule has 2 aromatic carbocycles. The molecular formula is C17H15F3O. The van der Waals surface area contributed by atoms with Crippen LogP contribution in [0.3, 0.4) is 0 Å². The second kappa shape index (κ2) is 5.72. The summed E-state index contributed by atoms with van der Waals surface area (Å²) in [4.78, 5) is 12.2. The number of rotatable bonds is 3. The third kappa shape index (κ3) is 3.94. The van der Waals surface area contributed by atoms with Crippen molar-refractivity contribution >= 4 is 5.78 Å². The molecule has 0 aliphatic carbocycles. The summed E-state index contributed by atoms with van der Waals surface area (Å²) in [7, 11) is 0. The minimum Gasteiger partial charge on any atom is -0.294 e. The second-order valence-electron chi connectivity index (χ2n) is 5.17. The number of alkyl halides is 3. The van der Waals surface area contributed by atoms with Crippen molar-refractivity contribution < 1.29 is 18.0 Å². The Morgan fingerprint density at radius 3 is 1.95 bits per heavy atom. The molecule has 0 amide bonds. The zero-order valence-corrected chi connectivity index (χ0v) is 11.8. The van der Waals surface area contributed by atoms with Crippen LogP contribution in [0.2, 0.25) is 0 Å². The van der Waals surface area contributed by atoms with Crippen LogP contribution in [0.5, 0.6) is 0 Å². The lowest BCUT2D eigenvalue weighted by Crippen LogP contribution is -2.07. The highest BCUT2D eigenvalue weighted by atomic mass is 19.4. The third-order valence-corrected chi connectivity index (χ3v) is 3.19. The van der Waals surface area contributed by atoms with Crippen molar-refractivity contribution in [3.05, 3.63) is 70.3 Å². The molecule has 1 nitrogen and oxygen atoms in total. The van der Waals surface area contributed by atoms with E-state index in [0.29, 0.717) is 11.1 Å². The molecule has 0 N–H and O–H groups in total. The number of carbonyl (C=O) groups is 1. The molecule has 0 fully saturated rings. The average molecular weight is 292 g/mol. The Morgan fingerprint density at radius 2 is 1.48 bits per heavy atom. The average Bonchev–Trinajstić information content (AvgIpc) is 2.37. The molecule has 0 spiro atoms. The van der Waals surface area contributed by atoms with Crippen molar-refractivity contribution in [1.29, 1.82) is 0 Å². The molecule has 0 saturated carbocycles. The smallest absolute Gasteiger partial charge is 0.294 e. The van der Waals surface area contributed by atoms with Crippen LogP contribution < -0.4 is 0 Å². The SMILES string of the molecule is Cc1cc(C)cc(C(=O)Cc2ccc(C(F)(F)F)cc2)c1. The van der Waals surface area contributed by atoms with Crippen LogP contribution in [0.15, 0.2) is 42.5 Å². The van der Waals surface area contributed by atoms with Crippen LogP contribution in [-0.4, -0.2) is 5.78 Å². The number of ketones is 1. The van der Waals surface area contributed by atoms with Crippen molar-refractivity contribution in [1.82, 2.24) is 0 Å². The Balaban J connectivity index is 2.16. The normalized spacial score (nSPS) is 11.5. The first-order valence-corrected chi connectivity index (χ1v) is 6.53. The molecule has 0 bridgehead atoms. The Morgan fingerprint density at radius 1 is 0.952 bits per heavy atom. The van der Waals surface area contributed by atoms with Crippen molar-refractivity contribution in [2.24, 2.45) is 0 Å².